The van der Waals surface area contributed by atoms with Crippen molar-refractivity contribution >= 4 is 17.3 Å². The van der Waals surface area contributed by atoms with Crippen molar-refractivity contribution in [2.75, 3.05) is 0 Å². The zero-order valence-electron chi connectivity index (χ0n) is 20.8. The fraction of sp³-hybridized carbons (Fsp3) is 0.250. The standard InChI is InChI=1S/C24H18BF12N4/c1-38-3-5-40(13-38)25(41-6-4-39(2)14-41,19-9-15(21(26,27)28)7-16(10-19)22(29,30)31)20-11-17(23(32,33)34)8-18(12-20)24(35,36)37/h3-14H,1-2H3/q+1. The largest absolute Gasteiger partial charge is 0.437 e. The summed E-state index contributed by atoms with van der Waals surface area (Å²) in [5.74, 6) is 0. The Morgan fingerprint density at radius 1 is 0.488 bits per heavy atom. The lowest BCUT2D eigenvalue weighted by molar-refractivity contribution is -0.679. The fourth-order valence-corrected chi connectivity index (χ4v) is 4.84. The van der Waals surface area contributed by atoms with Gasteiger partial charge in [0.2, 0.25) is 0 Å². The van der Waals surface area contributed by atoms with Crippen molar-refractivity contribution in [3.8, 4) is 0 Å². The Bertz CT molecular complexity index is 1390. The zero-order chi connectivity index (χ0) is 30.8. The summed E-state index contributed by atoms with van der Waals surface area (Å²) in [4.78, 5) is 0. The number of imidazole rings is 2. The molecule has 17 heteroatoms. The van der Waals surface area contributed by atoms with E-state index in [4.69, 9.17) is 0 Å². The topological polar surface area (TPSA) is 17.6 Å². The number of hydrogen-bond acceptors (Lipinski definition) is 0. The van der Waals surface area contributed by atoms with E-state index in [-0.39, 0.29) is 12.1 Å². The normalized spacial score (nSPS) is 13.6. The van der Waals surface area contributed by atoms with E-state index in [0.29, 0.717) is 24.3 Å². The summed E-state index contributed by atoms with van der Waals surface area (Å²) in [7, 11) is 2.79. The number of rotatable bonds is 4. The van der Waals surface area contributed by atoms with Gasteiger partial charge in [0.15, 0.2) is 12.7 Å². The van der Waals surface area contributed by atoms with E-state index in [1.165, 1.54) is 35.6 Å². The molecule has 4 rings (SSSR count). The Morgan fingerprint density at radius 2 is 0.756 bits per heavy atom. The van der Waals surface area contributed by atoms with Crippen LogP contribution in [0.3, 0.4) is 0 Å². The minimum atomic E-state index is -5.36. The molecule has 2 aromatic heterocycles. The van der Waals surface area contributed by atoms with Crippen LogP contribution in [0.2, 0.25) is 0 Å². The summed E-state index contributed by atoms with van der Waals surface area (Å²) in [6.45, 7) is 0. The smallest absolute Gasteiger partial charge is 0.385 e. The van der Waals surface area contributed by atoms with Gasteiger partial charge in [-0.1, -0.05) is 24.3 Å². The third-order valence-electron chi connectivity index (χ3n) is 6.59. The molecule has 4 aromatic rings. The predicted molar refractivity (Wildman–Crippen MR) is 120 cm³/mol. The van der Waals surface area contributed by atoms with Gasteiger partial charge < -0.3 is 8.96 Å². The van der Waals surface area contributed by atoms with Crippen molar-refractivity contribution in [2.45, 2.75) is 24.7 Å². The van der Waals surface area contributed by atoms with Crippen molar-refractivity contribution in [1.82, 2.24) is 9.13 Å². The molecule has 0 aliphatic carbocycles. The molecule has 2 aromatic carbocycles. The molecule has 4 nitrogen and oxygen atoms in total. The van der Waals surface area contributed by atoms with Crippen molar-refractivity contribution in [3.05, 3.63) is 96.1 Å². The predicted octanol–water partition coefficient (Wildman–Crippen LogP) is 4.67. The lowest BCUT2D eigenvalue weighted by Gasteiger charge is -2.36. The number of nitrogens with zero attached hydrogens (tertiary/aromatic N) is 4. The summed E-state index contributed by atoms with van der Waals surface area (Å²) in [6.07, 6.45) is -18.0. The van der Waals surface area contributed by atoms with Gasteiger partial charge in [-0.2, -0.15) is 52.7 Å². The molecule has 0 bridgehead atoms. The number of aromatic nitrogens is 4. The first kappa shape index (κ1) is 30.1. The van der Waals surface area contributed by atoms with E-state index in [0.717, 1.165) is 34.0 Å². The van der Waals surface area contributed by atoms with Gasteiger partial charge in [0.25, 0.3) is 0 Å². The van der Waals surface area contributed by atoms with Crippen LogP contribution in [-0.2, 0) is 38.8 Å². The minimum absolute atomic E-state index is 0.178. The van der Waals surface area contributed by atoms with Crippen molar-refractivity contribution in [3.63, 3.8) is 0 Å². The van der Waals surface area contributed by atoms with Gasteiger partial charge in [-0.15, -0.1) is 10.9 Å². The lowest BCUT2D eigenvalue weighted by atomic mass is 9.36. The second kappa shape index (κ2) is 9.58. The van der Waals surface area contributed by atoms with Crippen LogP contribution in [0.5, 0.6) is 0 Å². The molecule has 0 radical (unpaired) electrons. The number of benzene rings is 2. The highest BCUT2D eigenvalue weighted by Crippen LogP contribution is 2.37. The molecule has 41 heavy (non-hydrogen) atoms. The van der Waals surface area contributed by atoms with Gasteiger partial charge in [0, 0.05) is 0 Å². The summed E-state index contributed by atoms with van der Waals surface area (Å²) >= 11 is 0. The Kier molecular flexibility index (Phi) is 7.02. The van der Waals surface area contributed by atoms with Crippen LogP contribution in [0.4, 0.5) is 52.7 Å². The maximum absolute atomic E-state index is 13.9. The van der Waals surface area contributed by atoms with Crippen molar-refractivity contribution in [1.29, 1.82) is 0 Å². The molecule has 0 aliphatic heterocycles. The van der Waals surface area contributed by atoms with E-state index in [2.05, 4.69) is 0 Å². The molecular weight excluding hydrogens is 583 g/mol. The van der Waals surface area contributed by atoms with Crippen LogP contribution < -0.4 is 19.9 Å². The molecule has 0 saturated heterocycles. The maximum atomic E-state index is 13.9. The molecule has 0 aliphatic rings. The number of halogens is 12. The van der Waals surface area contributed by atoms with E-state index < -0.39 is 64.3 Å². The maximum Gasteiger partial charge on any atom is 0.437 e. The van der Waals surface area contributed by atoms with Crippen LogP contribution in [0.25, 0.3) is 0 Å². The quantitative estimate of drug-likeness (QED) is 0.239. The summed E-state index contributed by atoms with van der Waals surface area (Å²) < 4.78 is 171. The molecule has 0 amide bonds. The molecule has 0 spiro atoms. The molecule has 0 atom stereocenters. The van der Waals surface area contributed by atoms with Gasteiger partial charge in [-0.05, 0) is 12.1 Å². The monoisotopic (exact) mass is 601 g/mol. The third-order valence-corrected chi connectivity index (χ3v) is 6.59. The Labute approximate surface area is 223 Å². The van der Waals surface area contributed by atoms with E-state index >= 15 is 0 Å². The first-order valence-corrected chi connectivity index (χ1v) is 11.5. The second-order valence-electron chi connectivity index (χ2n) is 9.51. The van der Waals surface area contributed by atoms with Crippen LogP contribution in [0.15, 0.2) is 73.8 Å². The first-order valence-electron chi connectivity index (χ1n) is 11.5. The average Bonchev–Trinajstić information content (AvgIpc) is 3.46. The Balaban J connectivity index is 2.30. The molecule has 2 heterocycles. The highest BCUT2D eigenvalue weighted by molar-refractivity contribution is 6.89. The van der Waals surface area contributed by atoms with E-state index in [1.807, 2.05) is 0 Å². The first-order chi connectivity index (χ1) is 18.6. The Morgan fingerprint density at radius 3 is 0.951 bits per heavy atom. The molecule has 0 fully saturated rings. The highest BCUT2D eigenvalue weighted by atomic mass is 19.4. The molecule has 0 unspecified atom stereocenters. The summed E-state index contributed by atoms with van der Waals surface area (Å²) in [5.41, 5.74) is -8.91. The third kappa shape index (κ3) is 5.66. The molecular formula is C24H18BF12N4+. The average molecular weight is 601 g/mol. The van der Waals surface area contributed by atoms with E-state index in [9.17, 15) is 52.7 Å². The zero-order valence-corrected chi connectivity index (χ0v) is 20.8. The number of alkyl halides is 12. The SMILES string of the molecule is Cn1cc[n+]([B-](c2cc(C(F)(F)F)cc(C(F)(F)F)c2)(c2cc(C(F)(F)F)cc(C(F)(F)F)c2)[n+]2ccn(C)c2)c1. The van der Waals surface area contributed by atoms with Gasteiger partial charge in [0.05, 0.1) is 48.7 Å². The molecule has 220 valence electrons. The fourth-order valence-electron chi connectivity index (χ4n) is 4.84. The van der Waals surface area contributed by atoms with Crippen molar-refractivity contribution in [2.24, 2.45) is 14.1 Å². The van der Waals surface area contributed by atoms with Gasteiger partial charge >= 0.3 is 31.1 Å². The highest BCUT2D eigenvalue weighted by Gasteiger charge is 2.50. The molecule has 0 N–H and O–H groups in total. The van der Waals surface area contributed by atoms with Gasteiger partial charge in [-0.25, -0.2) is 9.13 Å². The van der Waals surface area contributed by atoms with Crippen LogP contribution >= 0.6 is 0 Å². The number of aryl methyl sites for hydroxylation is 2. The van der Waals surface area contributed by atoms with Gasteiger partial charge in [0.1, 0.15) is 12.4 Å². The summed E-state index contributed by atoms with van der Waals surface area (Å²) in [5, 5.41) is 0. The minimum Gasteiger partial charge on any atom is -0.385 e. The van der Waals surface area contributed by atoms with Crippen LogP contribution in [0, 0.1) is 0 Å². The number of hydrogen-bond donors (Lipinski definition) is 0. The van der Waals surface area contributed by atoms with Crippen LogP contribution in [0.1, 0.15) is 22.3 Å². The summed E-state index contributed by atoms with van der Waals surface area (Å²) in [6, 6.07) is 0.822. The van der Waals surface area contributed by atoms with E-state index in [1.54, 1.807) is 0 Å². The molecule has 0 saturated carbocycles. The second-order valence-corrected chi connectivity index (χ2v) is 9.51. The lowest BCUT2D eigenvalue weighted by Crippen LogP contribution is -2.92. The van der Waals surface area contributed by atoms with Crippen molar-refractivity contribution < 1.29 is 61.6 Å². The van der Waals surface area contributed by atoms with Gasteiger partial charge in [-0.3, -0.25) is 0 Å². The van der Waals surface area contributed by atoms with Crippen LogP contribution in [-0.4, -0.2) is 15.6 Å². The Hall–Kier alpha value is -3.92.